The van der Waals surface area contributed by atoms with Gasteiger partial charge in [-0.2, -0.15) is 0 Å². The molecule has 0 fully saturated rings. The van der Waals surface area contributed by atoms with Crippen molar-refractivity contribution in [1.82, 2.24) is 9.88 Å². The van der Waals surface area contributed by atoms with E-state index in [2.05, 4.69) is 5.32 Å². The first kappa shape index (κ1) is 17.5. The number of para-hydroxylation sites is 2. The van der Waals surface area contributed by atoms with E-state index in [1.165, 1.54) is 0 Å². The first-order valence-electron chi connectivity index (χ1n) is 8.31. The molecule has 1 heterocycles. The van der Waals surface area contributed by atoms with Gasteiger partial charge in [-0.1, -0.05) is 36.4 Å². The summed E-state index contributed by atoms with van der Waals surface area (Å²) in [5, 5.41) is 3.46. The Morgan fingerprint density at radius 1 is 1.04 bits per heavy atom. The molecule has 0 atom stereocenters. The minimum atomic E-state index is -0.516. The standard InChI is InChI=1S/C20H20N2O4/c1-22-13-17(16-9-5-6-10-18(16)22)20(24)26-14-19(23)21-11-12-25-15-7-3-2-4-8-15/h2-10,13H,11-12,14H2,1H3,(H,21,23). The summed E-state index contributed by atoms with van der Waals surface area (Å²) in [6.45, 7) is 0.347. The zero-order chi connectivity index (χ0) is 18.4. The Labute approximate surface area is 151 Å². The zero-order valence-corrected chi connectivity index (χ0v) is 14.5. The molecule has 3 rings (SSSR count). The molecule has 1 N–H and O–H groups in total. The molecule has 0 saturated carbocycles. The molecule has 0 aliphatic carbocycles. The lowest BCUT2D eigenvalue weighted by Gasteiger charge is -2.08. The molecule has 1 aromatic heterocycles. The number of benzene rings is 2. The number of carbonyl (C=O) groups is 2. The molecule has 0 aliphatic heterocycles. The van der Waals surface area contributed by atoms with Gasteiger partial charge in [-0.25, -0.2) is 4.79 Å². The summed E-state index contributed by atoms with van der Waals surface area (Å²) < 4.78 is 12.5. The number of rotatable bonds is 7. The predicted molar refractivity (Wildman–Crippen MR) is 98.1 cm³/mol. The molecule has 6 nitrogen and oxygen atoms in total. The van der Waals surface area contributed by atoms with Crippen molar-refractivity contribution in [2.24, 2.45) is 7.05 Å². The van der Waals surface area contributed by atoms with Crippen molar-refractivity contribution >= 4 is 22.8 Å². The van der Waals surface area contributed by atoms with Gasteiger partial charge in [0.05, 0.1) is 12.1 Å². The summed E-state index contributed by atoms with van der Waals surface area (Å²) in [6, 6.07) is 16.9. The van der Waals surface area contributed by atoms with Crippen molar-refractivity contribution in [3.05, 3.63) is 66.4 Å². The fourth-order valence-electron chi connectivity index (χ4n) is 2.64. The average Bonchev–Trinajstić information content (AvgIpc) is 3.01. The minimum Gasteiger partial charge on any atom is -0.492 e. The third-order valence-electron chi connectivity index (χ3n) is 3.89. The first-order valence-corrected chi connectivity index (χ1v) is 8.31. The molecule has 26 heavy (non-hydrogen) atoms. The molecule has 0 saturated heterocycles. The lowest BCUT2D eigenvalue weighted by Crippen LogP contribution is -2.32. The molecule has 0 aliphatic rings. The number of amides is 1. The van der Waals surface area contributed by atoms with Gasteiger partial charge in [-0.15, -0.1) is 0 Å². The molecule has 0 spiro atoms. The molecule has 3 aromatic rings. The molecule has 2 aromatic carbocycles. The quantitative estimate of drug-likeness (QED) is 0.524. The number of ether oxygens (including phenoxy) is 2. The highest BCUT2D eigenvalue weighted by Gasteiger charge is 2.16. The van der Waals surface area contributed by atoms with Crippen LogP contribution in [0.5, 0.6) is 5.75 Å². The van der Waals surface area contributed by atoms with E-state index in [1.807, 2.05) is 66.2 Å². The summed E-state index contributed by atoms with van der Waals surface area (Å²) in [5.41, 5.74) is 1.38. The van der Waals surface area contributed by atoms with Crippen LogP contribution >= 0.6 is 0 Å². The number of aryl methyl sites for hydroxylation is 1. The van der Waals surface area contributed by atoms with E-state index in [0.717, 1.165) is 16.7 Å². The highest BCUT2D eigenvalue weighted by Crippen LogP contribution is 2.20. The maximum Gasteiger partial charge on any atom is 0.340 e. The van der Waals surface area contributed by atoms with Crippen molar-refractivity contribution in [2.75, 3.05) is 19.8 Å². The zero-order valence-electron chi connectivity index (χ0n) is 14.5. The topological polar surface area (TPSA) is 69.6 Å². The summed E-state index contributed by atoms with van der Waals surface area (Å²) >= 11 is 0. The summed E-state index contributed by atoms with van der Waals surface area (Å²) in [5.74, 6) is -0.142. The maximum atomic E-state index is 12.3. The Morgan fingerprint density at radius 3 is 2.58 bits per heavy atom. The number of carbonyl (C=O) groups excluding carboxylic acids is 2. The Bertz CT molecular complexity index is 903. The third-order valence-corrected chi connectivity index (χ3v) is 3.89. The number of hydrogen-bond donors (Lipinski definition) is 1. The molecule has 134 valence electrons. The van der Waals surface area contributed by atoms with Gasteiger partial charge in [0, 0.05) is 24.1 Å². The number of fused-ring (bicyclic) bond motifs is 1. The van der Waals surface area contributed by atoms with Crippen LogP contribution < -0.4 is 10.1 Å². The van der Waals surface area contributed by atoms with Crippen LogP contribution in [0.4, 0.5) is 0 Å². The molecule has 0 unspecified atom stereocenters. The van der Waals surface area contributed by atoms with Gasteiger partial charge in [-0.05, 0) is 18.2 Å². The number of nitrogens with zero attached hydrogens (tertiary/aromatic N) is 1. The minimum absolute atomic E-state index is 0.326. The van der Waals surface area contributed by atoms with Gasteiger partial charge in [0.2, 0.25) is 0 Å². The molecular formula is C20H20N2O4. The highest BCUT2D eigenvalue weighted by atomic mass is 16.5. The monoisotopic (exact) mass is 352 g/mol. The Morgan fingerprint density at radius 2 is 1.77 bits per heavy atom. The molecule has 0 radical (unpaired) electrons. The van der Waals surface area contributed by atoms with Gasteiger partial charge in [0.15, 0.2) is 6.61 Å². The second-order valence-electron chi connectivity index (χ2n) is 5.76. The average molecular weight is 352 g/mol. The van der Waals surface area contributed by atoms with Crippen molar-refractivity contribution < 1.29 is 19.1 Å². The highest BCUT2D eigenvalue weighted by molar-refractivity contribution is 6.04. The van der Waals surface area contributed by atoms with Gasteiger partial charge >= 0.3 is 5.97 Å². The Hall–Kier alpha value is -3.28. The lowest BCUT2D eigenvalue weighted by atomic mass is 10.2. The molecule has 6 heteroatoms. The van der Waals surface area contributed by atoms with Crippen LogP contribution in [0.25, 0.3) is 10.9 Å². The van der Waals surface area contributed by atoms with Crippen molar-refractivity contribution in [3.63, 3.8) is 0 Å². The van der Waals surface area contributed by atoms with Crippen molar-refractivity contribution in [2.45, 2.75) is 0 Å². The van der Waals surface area contributed by atoms with Crippen LogP contribution in [-0.4, -0.2) is 36.2 Å². The van der Waals surface area contributed by atoms with Gasteiger partial charge in [-0.3, -0.25) is 4.79 Å². The second kappa shape index (κ2) is 8.20. The maximum absolute atomic E-state index is 12.3. The SMILES string of the molecule is Cn1cc(C(=O)OCC(=O)NCCOc2ccccc2)c2ccccc21. The number of esters is 1. The van der Waals surface area contributed by atoms with Gasteiger partial charge < -0.3 is 19.4 Å². The number of aromatic nitrogens is 1. The van der Waals surface area contributed by atoms with Crippen molar-refractivity contribution in [1.29, 1.82) is 0 Å². The van der Waals surface area contributed by atoms with E-state index in [-0.39, 0.29) is 12.5 Å². The lowest BCUT2D eigenvalue weighted by molar-refractivity contribution is -0.124. The van der Waals surface area contributed by atoms with E-state index in [0.29, 0.717) is 18.7 Å². The number of nitrogens with one attached hydrogen (secondary N) is 1. The van der Waals surface area contributed by atoms with E-state index in [1.54, 1.807) is 6.20 Å². The summed E-state index contributed by atoms with van der Waals surface area (Å²) in [4.78, 5) is 24.1. The summed E-state index contributed by atoms with van der Waals surface area (Å²) in [6.07, 6.45) is 1.71. The van der Waals surface area contributed by atoms with E-state index in [4.69, 9.17) is 9.47 Å². The number of hydrogen-bond acceptors (Lipinski definition) is 4. The van der Waals surface area contributed by atoms with Crippen LogP contribution in [0.2, 0.25) is 0 Å². The largest absolute Gasteiger partial charge is 0.492 e. The first-order chi connectivity index (χ1) is 12.6. The molecule has 1 amide bonds. The van der Waals surface area contributed by atoms with Crippen LogP contribution in [0, 0.1) is 0 Å². The van der Waals surface area contributed by atoms with Gasteiger partial charge in [0.25, 0.3) is 5.91 Å². The van der Waals surface area contributed by atoms with Crippen LogP contribution in [0.1, 0.15) is 10.4 Å². The van der Waals surface area contributed by atoms with Crippen LogP contribution in [-0.2, 0) is 16.6 Å². The fourth-order valence-corrected chi connectivity index (χ4v) is 2.64. The van der Waals surface area contributed by atoms with Crippen LogP contribution in [0.3, 0.4) is 0 Å². The third kappa shape index (κ3) is 4.22. The van der Waals surface area contributed by atoms with Crippen molar-refractivity contribution in [3.8, 4) is 5.75 Å². The van der Waals surface area contributed by atoms with E-state index < -0.39 is 5.97 Å². The second-order valence-corrected chi connectivity index (χ2v) is 5.76. The van der Waals surface area contributed by atoms with Crippen LogP contribution in [0.15, 0.2) is 60.8 Å². The predicted octanol–water partition coefficient (Wildman–Crippen LogP) is 2.53. The van der Waals surface area contributed by atoms with E-state index >= 15 is 0 Å². The smallest absolute Gasteiger partial charge is 0.340 e. The van der Waals surface area contributed by atoms with E-state index in [9.17, 15) is 9.59 Å². The summed E-state index contributed by atoms with van der Waals surface area (Å²) in [7, 11) is 1.86. The molecular weight excluding hydrogens is 332 g/mol. The normalized spacial score (nSPS) is 10.5. The molecule has 0 bridgehead atoms. The Kier molecular flexibility index (Phi) is 5.53. The Balaban J connectivity index is 1.44. The van der Waals surface area contributed by atoms with Gasteiger partial charge in [0.1, 0.15) is 12.4 Å². The fraction of sp³-hybridized carbons (Fsp3) is 0.200.